The number of hydrogen-bond donors (Lipinski definition) is 0. The van der Waals surface area contributed by atoms with E-state index in [2.05, 4.69) is 15.1 Å². The van der Waals surface area contributed by atoms with Gasteiger partial charge in [0.15, 0.2) is 11.6 Å². The summed E-state index contributed by atoms with van der Waals surface area (Å²) in [6.07, 6.45) is 1.26. The minimum atomic E-state index is -0.601. The summed E-state index contributed by atoms with van der Waals surface area (Å²) in [5.74, 6) is -1.22. The largest absolute Gasteiger partial charge is 0.350 e. The van der Waals surface area contributed by atoms with E-state index in [-0.39, 0.29) is 34.7 Å². The first-order valence-electron chi connectivity index (χ1n) is 9.18. The predicted octanol–water partition coefficient (Wildman–Crippen LogP) is 1.48. The van der Waals surface area contributed by atoms with E-state index in [1.807, 2.05) is 0 Å². The lowest BCUT2D eigenvalue weighted by atomic mass is 10.1. The van der Waals surface area contributed by atoms with Gasteiger partial charge in [-0.2, -0.15) is 5.10 Å². The SMILES string of the molecule is CN(C(=O)c1ccc(=O)n(C)n1)C1CN(c2ncnc(-c3ccc(F)cc3)c2F)C1. The molecule has 0 atom stereocenters. The first kappa shape index (κ1) is 19.6. The van der Waals surface area contributed by atoms with Crippen LogP contribution >= 0.6 is 0 Å². The summed E-state index contributed by atoms with van der Waals surface area (Å²) < 4.78 is 29.2. The summed E-state index contributed by atoms with van der Waals surface area (Å²) in [6.45, 7) is 0.760. The van der Waals surface area contributed by atoms with Crippen molar-refractivity contribution >= 4 is 11.7 Å². The van der Waals surface area contributed by atoms with Gasteiger partial charge in [-0.1, -0.05) is 0 Å². The van der Waals surface area contributed by atoms with Crippen LogP contribution in [-0.4, -0.2) is 56.7 Å². The molecule has 30 heavy (non-hydrogen) atoms. The number of aromatic nitrogens is 4. The van der Waals surface area contributed by atoms with Crippen LogP contribution in [0.4, 0.5) is 14.6 Å². The first-order chi connectivity index (χ1) is 14.3. The van der Waals surface area contributed by atoms with Crippen LogP contribution in [0.1, 0.15) is 10.5 Å². The molecule has 4 rings (SSSR count). The second-order valence-electron chi connectivity index (χ2n) is 7.02. The number of amides is 1. The van der Waals surface area contributed by atoms with Crippen molar-refractivity contribution in [1.82, 2.24) is 24.6 Å². The molecule has 1 saturated heterocycles. The van der Waals surface area contributed by atoms with Crippen molar-refractivity contribution in [3.8, 4) is 11.3 Å². The normalized spacial score (nSPS) is 13.8. The summed E-state index contributed by atoms with van der Waals surface area (Å²) in [5, 5.41) is 3.97. The highest BCUT2D eigenvalue weighted by Gasteiger charge is 2.36. The minimum Gasteiger partial charge on any atom is -0.350 e. The number of halogens is 2. The van der Waals surface area contributed by atoms with Crippen LogP contribution in [0.2, 0.25) is 0 Å². The molecule has 1 amide bonds. The van der Waals surface area contributed by atoms with Gasteiger partial charge in [-0.25, -0.2) is 23.4 Å². The summed E-state index contributed by atoms with van der Waals surface area (Å²) in [4.78, 5) is 35.3. The van der Waals surface area contributed by atoms with Crippen molar-refractivity contribution in [2.45, 2.75) is 6.04 Å². The van der Waals surface area contributed by atoms with Crippen molar-refractivity contribution in [2.75, 3.05) is 25.0 Å². The van der Waals surface area contributed by atoms with Crippen molar-refractivity contribution < 1.29 is 13.6 Å². The molecular formula is C20H18F2N6O2. The Morgan fingerprint density at radius 1 is 1.10 bits per heavy atom. The van der Waals surface area contributed by atoms with Gasteiger partial charge in [-0.05, 0) is 30.3 Å². The van der Waals surface area contributed by atoms with Crippen LogP contribution in [-0.2, 0) is 7.05 Å². The van der Waals surface area contributed by atoms with Gasteiger partial charge >= 0.3 is 0 Å². The Bertz CT molecular complexity index is 1160. The van der Waals surface area contributed by atoms with Gasteiger partial charge in [0.1, 0.15) is 23.5 Å². The summed E-state index contributed by atoms with van der Waals surface area (Å²) in [5.41, 5.74) is 0.384. The third kappa shape index (κ3) is 3.51. The maximum Gasteiger partial charge on any atom is 0.274 e. The molecule has 154 valence electrons. The number of likely N-dealkylation sites (N-methyl/N-ethyl adjacent to an activating group) is 1. The molecule has 10 heteroatoms. The van der Waals surface area contributed by atoms with Gasteiger partial charge < -0.3 is 9.80 Å². The first-order valence-corrected chi connectivity index (χ1v) is 9.18. The Balaban J connectivity index is 1.48. The van der Waals surface area contributed by atoms with Crippen LogP contribution in [0.3, 0.4) is 0 Å². The summed E-state index contributed by atoms with van der Waals surface area (Å²) in [7, 11) is 3.11. The second-order valence-corrected chi connectivity index (χ2v) is 7.02. The molecule has 3 heterocycles. The van der Waals surface area contributed by atoms with Crippen LogP contribution < -0.4 is 10.5 Å². The zero-order valence-electron chi connectivity index (χ0n) is 16.3. The van der Waals surface area contributed by atoms with Gasteiger partial charge in [0.2, 0.25) is 0 Å². The summed E-state index contributed by atoms with van der Waals surface area (Å²) >= 11 is 0. The number of carbonyl (C=O) groups excluding carboxylic acids is 1. The molecule has 0 aliphatic carbocycles. The fraction of sp³-hybridized carbons (Fsp3) is 0.250. The van der Waals surface area contributed by atoms with Crippen molar-refractivity contribution in [3.05, 3.63) is 70.4 Å². The number of benzene rings is 1. The Morgan fingerprint density at radius 2 is 1.80 bits per heavy atom. The van der Waals surface area contributed by atoms with Crippen LogP contribution in [0.25, 0.3) is 11.3 Å². The third-order valence-electron chi connectivity index (χ3n) is 5.10. The molecule has 0 N–H and O–H groups in total. The zero-order valence-corrected chi connectivity index (χ0v) is 16.3. The average molecular weight is 412 g/mol. The maximum atomic E-state index is 15.0. The molecule has 0 saturated carbocycles. The Kier molecular flexibility index (Phi) is 4.98. The molecule has 1 aliphatic rings. The van der Waals surface area contributed by atoms with E-state index in [1.165, 1.54) is 54.7 Å². The van der Waals surface area contributed by atoms with E-state index in [1.54, 1.807) is 11.9 Å². The highest BCUT2D eigenvalue weighted by Crippen LogP contribution is 2.29. The number of aryl methyl sites for hydroxylation is 1. The number of nitrogens with zero attached hydrogens (tertiary/aromatic N) is 6. The van der Waals surface area contributed by atoms with E-state index < -0.39 is 11.6 Å². The fourth-order valence-corrected chi connectivity index (χ4v) is 3.23. The van der Waals surface area contributed by atoms with Crippen LogP contribution in [0, 0.1) is 11.6 Å². The lowest BCUT2D eigenvalue weighted by Gasteiger charge is -2.44. The Labute approximate surface area is 170 Å². The molecular weight excluding hydrogens is 394 g/mol. The number of carbonyl (C=O) groups is 1. The molecule has 1 fully saturated rings. The van der Waals surface area contributed by atoms with Gasteiger partial charge in [0, 0.05) is 38.8 Å². The third-order valence-corrected chi connectivity index (χ3v) is 5.10. The van der Waals surface area contributed by atoms with Crippen LogP contribution in [0.5, 0.6) is 0 Å². The second kappa shape index (κ2) is 7.62. The minimum absolute atomic E-state index is 0.0854. The van der Waals surface area contributed by atoms with Gasteiger partial charge in [-0.3, -0.25) is 9.59 Å². The summed E-state index contributed by atoms with van der Waals surface area (Å²) in [6, 6.07) is 7.89. The lowest BCUT2D eigenvalue weighted by molar-refractivity contribution is 0.0696. The molecule has 0 radical (unpaired) electrons. The molecule has 1 aromatic carbocycles. The average Bonchev–Trinajstić information content (AvgIpc) is 2.70. The predicted molar refractivity (Wildman–Crippen MR) is 105 cm³/mol. The van der Waals surface area contributed by atoms with E-state index in [0.29, 0.717) is 18.7 Å². The van der Waals surface area contributed by atoms with E-state index >= 15 is 0 Å². The van der Waals surface area contributed by atoms with Gasteiger partial charge in [-0.15, -0.1) is 0 Å². The monoisotopic (exact) mass is 412 g/mol. The number of hydrogen-bond acceptors (Lipinski definition) is 6. The molecule has 2 aromatic heterocycles. The standard InChI is InChI=1S/C20H18F2N6O2/c1-26(20(30)15-7-8-16(29)27(2)25-15)14-9-28(10-14)19-17(22)18(23-11-24-19)12-3-5-13(21)6-4-12/h3-8,11,14H,9-10H2,1-2H3. The molecule has 8 nitrogen and oxygen atoms in total. The van der Waals surface area contributed by atoms with Crippen molar-refractivity contribution in [1.29, 1.82) is 0 Å². The molecule has 0 unspecified atom stereocenters. The Hall–Kier alpha value is -3.69. The van der Waals surface area contributed by atoms with Crippen molar-refractivity contribution in [2.24, 2.45) is 7.05 Å². The smallest absolute Gasteiger partial charge is 0.274 e. The topological polar surface area (TPSA) is 84.2 Å². The number of rotatable bonds is 4. The number of anilines is 1. The Morgan fingerprint density at radius 3 is 2.47 bits per heavy atom. The lowest BCUT2D eigenvalue weighted by Crippen LogP contribution is -2.60. The zero-order chi connectivity index (χ0) is 21.4. The molecule has 0 bridgehead atoms. The maximum absolute atomic E-state index is 15.0. The highest BCUT2D eigenvalue weighted by molar-refractivity contribution is 5.92. The van der Waals surface area contributed by atoms with E-state index in [0.717, 1.165) is 4.68 Å². The van der Waals surface area contributed by atoms with E-state index in [9.17, 15) is 18.4 Å². The molecule has 3 aromatic rings. The fourth-order valence-electron chi connectivity index (χ4n) is 3.23. The molecule has 1 aliphatic heterocycles. The highest BCUT2D eigenvalue weighted by atomic mass is 19.1. The van der Waals surface area contributed by atoms with E-state index in [4.69, 9.17) is 0 Å². The molecule has 0 spiro atoms. The van der Waals surface area contributed by atoms with Crippen molar-refractivity contribution in [3.63, 3.8) is 0 Å². The van der Waals surface area contributed by atoms with Gasteiger partial charge in [0.05, 0.1) is 6.04 Å². The van der Waals surface area contributed by atoms with Gasteiger partial charge in [0.25, 0.3) is 11.5 Å². The van der Waals surface area contributed by atoms with Crippen LogP contribution in [0.15, 0.2) is 47.5 Å². The quantitative estimate of drug-likeness (QED) is 0.646.